The van der Waals surface area contributed by atoms with Gasteiger partial charge >= 0.3 is 11.9 Å². The lowest BCUT2D eigenvalue weighted by molar-refractivity contribution is -0.143. The molecule has 5 atom stereocenters. The molecule has 5 unspecified atom stereocenters. The Hall–Kier alpha value is -2.73. The SMILES string of the molecule is CC(C)CC(N)C(=O)NC(C(=O)NC(C(=O)NC(CCC(=O)O)C(=O)O)C(C)C)C(C)O. The molecule has 0 aliphatic heterocycles. The minimum atomic E-state index is -1.46. The number of amides is 3. The van der Waals surface area contributed by atoms with Gasteiger partial charge in [0, 0.05) is 6.42 Å². The summed E-state index contributed by atoms with van der Waals surface area (Å²) in [6, 6.07) is -4.94. The fraction of sp³-hybridized carbons (Fsp3) is 0.750. The number of carboxylic acids is 2. The van der Waals surface area contributed by atoms with Crippen molar-refractivity contribution in [2.45, 2.75) is 84.2 Å². The van der Waals surface area contributed by atoms with Gasteiger partial charge in [-0.3, -0.25) is 19.2 Å². The number of rotatable bonds is 14. The van der Waals surface area contributed by atoms with Gasteiger partial charge in [0.25, 0.3) is 0 Å². The Bertz CT molecular complexity index is 681. The van der Waals surface area contributed by atoms with Crippen LogP contribution in [0.4, 0.5) is 0 Å². The largest absolute Gasteiger partial charge is 0.481 e. The molecule has 32 heavy (non-hydrogen) atoms. The average molecular weight is 461 g/mol. The molecule has 0 radical (unpaired) electrons. The molecule has 0 saturated carbocycles. The highest BCUT2D eigenvalue weighted by molar-refractivity contribution is 5.94. The first-order valence-corrected chi connectivity index (χ1v) is 10.5. The Morgan fingerprint density at radius 3 is 1.72 bits per heavy atom. The van der Waals surface area contributed by atoms with Gasteiger partial charge in [0.2, 0.25) is 17.7 Å². The maximum absolute atomic E-state index is 12.7. The van der Waals surface area contributed by atoms with Gasteiger partial charge in [-0.15, -0.1) is 0 Å². The Balaban J connectivity index is 5.34. The molecule has 0 rings (SSSR count). The number of aliphatic hydroxyl groups is 1. The number of nitrogens with one attached hydrogen (secondary N) is 3. The molecule has 0 aliphatic carbocycles. The van der Waals surface area contributed by atoms with Crippen LogP contribution in [0.25, 0.3) is 0 Å². The van der Waals surface area contributed by atoms with Crippen LogP contribution in [0.5, 0.6) is 0 Å². The van der Waals surface area contributed by atoms with Crippen molar-refractivity contribution in [3.05, 3.63) is 0 Å². The molecule has 0 bridgehead atoms. The van der Waals surface area contributed by atoms with E-state index in [0.29, 0.717) is 6.42 Å². The molecule has 0 aromatic heterocycles. The topological polar surface area (TPSA) is 208 Å². The molecule has 0 aromatic rings. The fourth-order valence-corrected chi connectivity index (χ4v) is 2.85. The zero-order valence-electron chi connectivity index (χ0n) is 19.1. The molecule has 0 saturated heterocycles. The maximum Gasteiger partial charge on any atom is 0.326 e. The number of aliphatic carboxylic acids is 2. The minimum Gasteiger partial charge on any atom is -0.481 e. The highest BCUT2D eigenvalue weighted by Gasteiger charge is 2.33. The van der Waals surface area contributed by atoms with Crippen LogP contribution in [-0.4, -0.2) is 75.3 Å². The summed E-state index contributed by atoms with van der Waals surface area (Å²) in [5, 5.41) is 35.0. The van der Waals surface area contributed by atoms with Crippen LogP contribution in [0.1, 0.15) is 53.9 Å². The number of carbonyl (C=O) groups is 5. The number of aliphatic hydroxyl groups excluding tert-OH is 1. The van der Waals surface area contributed by atoms with E-state index >= 15 is 0 Å². The second-order valence-corrected chi connectivity index (χ2v) is 8.53. The van der Waals surface area contributed by atoms with E-state index < -0.39 is 72.3 Å². The Kier molecular flexibility index (Phi) is 12.5. The lowest BCUT2D eigenvalue weighted by Crippen LogP contribution is -2.60. The summed E-state index contributed by atoms with van der Waals surface area (Å²) in [7, 11) is 0. The fourth-order valence-electron chi connectivity index (χ4n) is 2.85. The van der Waals surface area contributed by atoms with Gasteiger partial charge in [0.1, 0.15) is 18.1 Å². The second-order valence-electron chi connectivity index (χ2n) is 8.53. The molecule has 3 amide bonds. The van der Waals surface area contributed by atoms with Crippen LogP contribution in [0, 0.1) is 11.8 Å². The van der Waals surface area contributed by atoms with E-state index in [4.69, 9.17) is 10.8 Å². The summed E-state index contributed by atoms with van der Waals surface area (Å²) in [6.45, 7) is 8.24. The van der Waals surface area contributed by atoms with E-state index in [1.165, 1.54) is 6.92 Å². The number of hydrogen-bond acceptors (Lipinski definition) is 7. The van der Waals surface area contributed by atoms with Gasteiger partial charge in [0.15, 0.2) is 0 Å². The van der Waals surface area contributed by atoms with Crippen molar-refractivity contribution in [3.63, 3.8) is 0 Å². The third kappa shape index (κ3) is 10.5. The van der Waals surface area contributed by atoms with Gasteiger partial charge in [-0.2, -0.15) is 0 Å². The highest BCUT2D eigenvalue weighted by atomic mass is 16.4. The van der Waals surface area contributed by atoms with Crippen molar-refractivity contribution in [2.24, 2.45) is 17.6 Å². The average Bonchev–Trinajstić information content (AvgIpc) is 2.65. The van der Waals surface area contributed by atoms with E-state index in [9.17, 15) is 34.2 Å². The summed E-state index contributed by atoms with van der Waals surface area (Å²) < 4.78 is 0. The van der Waals surface area contributed by atoms with Crippen LogP contribution < -0.4 is 21.7 Å². The van der Waals surface area contributed by atoms with E-state index in [0.717, 1.165) is 0 Å². The predicted molar refractivity (Wildman–Crippen MR) is 114 cm³/mol. The van der Waals surface area contributed by atoms with Gasteiger partial charge in [-0.1, -0.05) is 27.7 Å². The second kappa shape index (κ2) is 13.6. The molecular formula is C20H36N4O8. The monoisotopic (exact) mass is 460 g/mol. The van der Waals surface area contributed by atoms with Crippen molar-refractivity contribution < 1.29 is 39.3 Å². The van der Waals surface area contributed by atoms with E-state index in [2.05, 4.69) is 16.0 Å². The van der Waals surface area contributed by atoms with Crippen molar-refractivity contribution in [3.8, 4) is 0 Å². The van der Waals surface area contributed by atoms with Gasteiger partial charge in [0.05, 0.1) is 12.1 Å². The van der Waals surface area contributed by atoms with Crippen molar-refractivity contribution in [1.29, 1.82) is 0 Å². The Labute approximate surface area is 187 Å². The molecule has 0 fully saturated rings. The van der Waals surface area contributed by atoms with Gasteiger partial charge in [-0.05, 0) is 31.6 Å². The first-order valence-electron chi connectivity index (χ1n) is 10.5. The Morgan fingerprint density at radius 2 is 1.31 bits per heavy atom. The third-order valence-corrected chi connectivity index (χ3v) is 4.63. The summed E-state index contributed by atoms with van der Waals surface area (Å²) in [5.41, 5.74) is 5.81. The first-order chi connectivity index (χ1) is 14.7. The molecule has 0 aromatic carbocycles. The van der Waals surface area contributed by atoms with Crippen LogP contribution in [-0.2, 0) is 24.0 Å². The molecular weight excluding hydrogens is 424 g/mol. The molecule has 12 nitrogen and oxygen atoms in total. The van der Waals surface area contributed by atoms with Gasteiger partial charge < -0.3 is 37.0 Å². The quantitative estimate of drug-likeness (QED) is 0.166. The zero-order chi connectivity index (χ0) is 25.2. The molecule has 184 valence electrons. The van der Waals surface area contributed by atoms with Crippen LogP contribution in [0.3, 0.4) is 0 Å². The molecule has 0 heterocycles. The smallest absolute Gasteiger partial charge is 0.326 e. The number of carbonyl (C=O) groups excluding carboxylic acids is 3. The number of hydrogen-bond donors (Lipinski definition) is 7. The molecule has 0 spiro atoms. The summed E-state index contributed by atoms with van der Waals surface area (Å²) in [4.78, 5) is 59.7. The standard InChI is InChI=1S/C20H36N4O8/c1-9(2)8-12(21)17(28)24-16(11(5)25)19(30)23-15(10(3)4)18(29)22-13(20(31)32)6-7-14(26)27/h9-13,15-16,25H,6-8,21H2,1-5H3,(H,22,29)(H,23,30)(H,24,28)(H,26,27)(H,31,32). The lowest BCUT2D eigenvalue weighted by Gasteiger charge is -2.28. The van der Waals surface area contributed by atoms with Crippen LogP contribution in [0.15, 0.2) is 0 Å². The normalized spacial score (nSPS) is 15.9. The van der Waals surface area contributed by atoms with Crippen molar-refractivity contribution >= 4 is 29.7 Å². The minimum absolute atomic E-state index is 0.131. The molecule has 0 aliphatic rings. The first kappa shape index (κ1) is 29.3. The van der Waals surface area contributed by atoms with Crippen molar-refractivity contribution in [1.82, 2.24) is 16.0 Å². The summed E-state index contributed by atoms with van der Waals surface area (Å²) in [5.74, 6) is -5.31. The number of carboxylic acid groups (broad SMARTS) is 2. The Morgan fingerprint density at radius 1 is 0.812 bits per heavy atom. The van der Waals surface area contributed by atoms with Gasteiger partial charge in [-0.25, -0.2) is 4.79 Å². The van der Waals surface area contributed by atoms with E-state index in [1.807, 2.05) is 13.8 Å². The predicted octanol–water partition coefficient (Wildman–Crippen LogP) is -1.20. The van der Waals surface area contributed by atoms with E-state index in [-0.39, 0.29) is 12.3 Å². The van der Waals surface area contributed by atoms with E-state index in [1.54, 1.807) is 13.8 Å². The highest BCUT2D eigenvalue weighted by Crippen LogP contribution is 2.08. The zero-order valence-corrected chi connectivity index (χ0v) is 19.1. The summed E-state index contributed by atoms with van der Waals surface area (Å²) in [6.07, 6.45) is -1.74. The number of nitrogens with two attached hydrogens (primary N) is 1. The molecule has 8 N–H and O–H groups in total. The van der Waals surface area contributed by atoms with Crippen LogP contribution >= 0.6 is 0 Å². The maximum atomic E-state index is 12.7. The third-order valence-electron chi connectivity index (χ3n) is 4.63. The molecule has 12 heteroatoms. The van der Waals surface area contributed by atoms with Crippen molar-refractivity contribution in [2.75, 3.05) is 0 Å². The lowest BCUT2D eigenvalue weighted by atomic mass is 10.0. The summed E-state index contributed by atoms with van der Waals surface area (Å²) >= 11 is 0. The van der Waals surface area contributed by atoms with Crippen LogP contribution in [0.2, 0.25) is 0 Å².